The van der Waals surface area contributed by atoms with Gasteiger partial charge in [0.05, 0.1) is 0 Å². The second kappa shape index (κ2) is 6.29. The van der Waals surface area contributed by atoms with E-state index in [-0.39, 0.29) is 17.6 Å². The molecule has 0 aromatic carbocycles. The van der Waals surface area contributed by atoms with E-state index >= 15 is 0 Å². The Morgan fingerprint density at radius 3 is 2.47 bits per heavy atom. The van der Waals surface area contributed by atoms with Crippen molar-refractivity contribution in [2.45, 2.75) is 26.2 Å². The average Bonchev–Trinajstić information content (AvgIpc) is 3.06. The second-order valence-corrected chi connectivity index (χ2v) is 5.38. The number of rotatable bonds is 6. The monoisotopic (exact) mass is 302 g/mol. The Morgan fingerprint density at radius 1 is 1.42 bits per heavy atom. The molecule has 0 aliphatic heterocycles. The molecule has 0 bridgehead atoms. The van der Waals surface area contributed by atoms with Crippen molar-refractivity contribution in [2.24, 2.45) is 5.41 Å². The lowest BCUT2D eigenvalue weighted by Crippen LogP contribution is -2.33. The maximum Gasteiger partial charge on any atom is 0.340 e. The number of hydrogen-bond acceptors (Lipinski definition) is 5. The highest BCUT2D eigenvalue weighted by Crippen LogP contribution is 2.47. The van der Waals surface area contributed by atoms with Gasteiger partial charge in [-0.1, -0.05) is 37.9 Å². The van der Waals surface area contributed by atoms with Crippen LogP contribution in [0.2, 0.25) is 0 Å². The minimum atomic E-state index is -0.475. The van der Waals surface area contributed by atoms with E-state index in [4.69, 9.17) is 21.9 Å². The second-order valence-electron chi connectivity index (χ2n) is 4.78. The summed E-state index contributed by atoms with van der Waals surface area (Å²) in [6, 6.07) is 0. The van der Waals surface area contributed by atoms with Gasteiger partial charge in [-0.05, 0) is 12.8 Å². The van der Waals surface area contributed by atoms with E-state index in [2.05, 4.69) is 25.7 Å². The first kappa shape index (κ1) is 15.8. The van der Waals surface area contributed by atoms with Crippen molar-refractivity contribution in [3.05, 3.63) is 12.3 Å². The Labute approximate surface area is 124 Å². The molecule has 0 radical (unpaired) electrons. The lowest BCUT2D eigenvalue weighted by Gasteiger charge is -2.23. The minimum absolute atomic E-state index is 0.00459. The fourth-order valence-corrected chi connectivity index (χ4v) is 1.71. The number of thiocarbonyl (C=S) groups is 2. The highest BCUT2D eigenvalue weighted by molar-refractivity contribution is 7.80. The van der Waals surface area contributed by atoms with Crippen LogP contribution in [0, 0.1) is 5.41 Å². The maximum atomic E-state index is 11.7. The zero-order valence-electron chi connectivity index (χ0n) is 11.3. The highest BCUT2D eigenvalue weighted by atomic mass is 32.1. The molecule has 1 rings (SSSR count). The normalized spacial score (nSPS) is 15.1. The van der Waals surface area contributed by atoms with E-state index in [1.165, 1.54) is 15.6 Å². The van der Waals surface area contributed by atoms with Crippen LogP contribution in [-0.4, -0.2) is 40.7 Å². The van der Waals surface area contributed by atoms with Crippen LogP contribution in [0.4, 0.5) is 0 Å². The molecule has 106 valence electrons. The van der Waals surface area contributed by atoms with Crippen molar-refractivity contribution in [3.63, 3.8) is 0 Å². The number of carbonyl (C=O) groups excluding carboxylic acids is 1. The molecular formula is C12H18N2O3S2. The van der Waals surface area contributed by atoms with Gasteiger partial charge < -0.3 is 9.68 Å². The van der Waals surface area contributed by atoms with E-state index in [1.807, 2.05) is 0 Å². The van der Waals surface area contributed by atoms with Gasteiger partial charge in [-0.15, -0.1) is 0 Å². The number of hydrogen-bond donors (Lipinski definition) is 0. The van der Waals surface area contributed by atoms with Crippen LogP contribution >= 0.6 is 24.4 Å². The predicted octanol–water partition coefficient (Wildman–Crippen LogP) is 2.23. The van der Waals surface area contributed by atoms with Crippen molar-refractivity contribution in [1.29, 1.82) is 0 Å². The zero-order valence-corrected chi connectivity index (χ0v) is 13.0. The molecule has 0 aromatic rings. The van der Waals surface area contributed by atoms with E-state index < -0.39 is 5.97 Å². The van der Waals surface area contributed by atoms with Gasteiger partial charge in [0, 0.05) is 19.5 Å². The van der Waals surface area contributed by atoms with Gasteiger partial charge >= 0.3 is 5.97 Å². The third-order valence-corrected chi connectivity index (χ3v) is 3.85. The molecule has 7 heteroatoms. The summed E-state index contributed by atoms with van der Waals surface area (Å²) in [7, 11) is 3.25. The summed E-state index contributed by atoms with van der Waals surface area (Å²) in [5.41, 5.74) is 1.29. The fraction of sp³-hybridized carbons (Fsp3) is 0.583. The Kier molecular flexibility index (Phi) is 5.25. The topological polar surface area (TPSA) is 42.0 Å². The molecule has 0 aromatic heterocycles. The maximum absolute atomic E-state index is 11.7. The lowest BCUT2D eigenvalue weighted by molar-refractivity contribution is -0.170. The van der Waals surface area contributed by atoms with Crippen molar-refractivity contribution in [3.8, 4) is 0 Å². The van der Waals surface area contributed by atoms with Crippen LogP contribution in [0.3, 0.4) is 0 Å². The minimum Gasteiger partial charge on any atom is -0.384 e. The standard InChI is InChI=1S/C12H18N2O3S2/c1-9(16-13(3)8-18)7-10(15)17-14(4)11(19)12(2)5-6-12/h8H,1,5-7H2,2-4H3. The average molecular weight is 302 g/mol. The predicted molar refractivity (Wildman–Crippen MR) is 80.1 cm³/mol. The Morgan fingerprint density at radius 2 is 2.00 bits per heavy atom. The van der Waals surface area contributed by atoms with Crippen LogP contribution in [0.5, 0.6) is 0 Å². The third kappa shape index (κ3) is 4.76. The van der Waals surface area contributed by atoms with Crippen molar-refractivity contribution in [2.75, 3.05) is 14.1 Å². The Bertz CT molecular complexity index is 408. The molecule has 1 aliphatic rings. The molecule has 1 aliphatic carbocycles. The molecule has 0 spiro atoms. The van der Waals surface area contributed by atoms with Crippen molar-refractivity contribution >= 4 is 40.9 Å². The molecule has 0 saturated heterocycles. The Hall–Kier alpha value is -1.21. The van der Waals surface area contributed by atoms with Gasteiger partial charge in [-0.25, -0.2) is 14.9 Å². The Balaban J connectivity index is 2.36. The largest absolute Gasteiger partial charge is 0.384 e. The fourth-order valence-electron chi connectivity index (χ4n) is 1.43. The zero-order chi connectivity index (χ0) is 14.6. The van der Waals surface area contributed by atoms with E-state index in [9.17, 15) is 4.79 Å². The molecule has 0 amide bonds. The van der Waals surface area contributed by atoms with Crippen LogP contribution in [0.25, 0.3) is 0 Å². The summed E-state index contributed by atoms with van der Waals surface area (Å²) < 4.78 is 0. The summed E-state index contributed by atoms with van der Waals surface area (Å²) in [5.74, 6) is -0.220. The number of carbonyl (C=O) groups is 1. The summed E-state index contributed by atoms with van der Waals surface area (Å²) in [6.07, 6.45) is 2.00. The molecule has 5 nitrogen and oxygen atoms in total. The van der Waals surface area contributed by atoms with E-state index in [0.717, 1.165) is 12.8 Å². The van der Waals surface area contributed by atoms with Crippen LogP contribution in [-0.2, 0) is 14.5 Å². The molecule has 0 heterocycles. The molecule has 0 N–H and O–H groups in total. The van der Waals surface area contributed by atoms with Gasteiger partial charge in [0.1, 0.15) is 22.7 Å². The molecule has 0 atom stereocenters. The SMILES string of the molecule is C=C(CC(=O)ON(C)C(=S)C1(C)CC1)ON(C)C=S. The van der Waals surface area contributed by atoms with Crippen molar-refractivity contribution in [1.82, 2.24) is 10.1 Å². The van der Waals surface area contributed by atoms with Gasteiger partial charge in [-0.3, -0.25) is 0 Å². The lowest BCUT2D eigenvalue weighted by atomic mass is 10.1. The summed E-state index contributed by atoms with van der Waals surface area (Å²) in [6.45, 7) is 5.67. The highest BCUT2D eigenvalue weighted by Gasteiger charge is 2.44. The molecule has 1 saturated carbocycles. The number of hydroxylamine groups is 4. The third-order valence-electron chi connectivity index (χ3n) is 2.80. The molecule has 19 heavy (non-hydrogen) atoms. The van der Waals surface area contributed by atoms with E-state index in [1.54, 1.807) is 14.1 Å². The first-order chi connectivity index (χ1) is 8.78. The molecular weight excluding hydrogens is 284 g/mol. The van der Waals surface area contributed by atoms with Crippen LogP contribution < -0.4 is 0 Å². The molecule has 1 fully saturated rings. The van der Waals surface area contributed by atoms with Gasteiger partial charge in [0.25, 0.3) is 0 Å². The summed E-state index contributed by atoms with van der Waals surface area (Å²) in [5, 5.41) is 2.63. The van der Waals surface area contributed by atoms with Gasteiger partial charge in [0.15, 0.2) is 0 Å². The quantitative estimate of drug-likeness (QED) is 0.423. The van der Waals surface area contributed by atoms with Gasteiger partial charge in [0.2, 0.25) is 0 Å². The summed E-state index contributed by atoms with van der Waals surface area (Å²) in [4.78, 5) is 22.5. The van der Waals surface area contributed by atoms with Crippen LogP contribution in [0.1, 0.15) is 26.2 Å². The van der Waals surface area contributed by atoms with Crippen LogP contribution in [0.15, 0.2) is 12.3 Å². The first-order valence-corrected chi connectivity index (χ1v) is 6.69. The smallest absolute Gasteiger partial charge is 0.340 e. The van der Waals surface area contributed by atoms with Crippen molar-refractivity contribution < 1.29 is 14.5 Å². The number of nitrogens with zero attached hydrogens (tertiary/aromatic N) is 2. The first-order valence-electron chi connectivity index (χ1n) is 5.81. The van der Waals surface area contributed by atoms with E-state index in [0.29, 0.717) is 4.99 Å². The molecule has 0 unspecified atom stereocenters. The summed E-state index contributed by atoms with van der Waals surface area (Å²) >= 11 is 9.92. The van der Waals surface area contributed by atoms with Gasteiger partial charge in [-0.2, -0.15) is 0 Å².